The Bertz CT molecular complexity index is 406. The van der Waals surface area contributed by atoms with Crippen LogP contribution < -0.4 is 5.32 Å². The number of hydrogen-bond donors (Lipinski definition) is 2. The zero-order chi connectivity index (χ0) is 13.7. The highest BCUT2D eigenvalue weighted by Gasteiger charge is 2.28. The number of carboxylic acid groups (broad SMARTS) is 1. The van der Waals surface area contributed by atoms with Crippen molar-refractivity contribution in [2.75, 3.05) is 20.1 Å². The molecule has 1 saturated carbocycles. The van der Waals surface area contributed by atoms with Crippen molar-refractivity contribution in [3.8, 4) is 0 Å². The van der Waals surface area contributed by atoms with Gasteiger partial charge in [-0.05, 0) is 44.0 Å². The third-order valence-electron chi connectivity index (χ3n) is 3.34. The second-order valence-corrected chi connectivity index (χ2v) is 5.20. The van der Waals surface area contributed by atoms with Gasteiger partial charge in [0.25, 0.3) is 0 Å². The quantitative estimate of drug-likeness (QED) is 0.725. The second kappa shape index (κ2) is 6.63. The van der Waals surface area contributed by atoms with Crippen LogP contribution in [0.15, 0.2) is 24.5 Å². The minimum absolute atomic E-state index is 0.412. The van der Waals surface area contributed by atoms with Gasteiger partial charge in [0.1, 0.15) is 6.04 Å². The fourth-order valence-corrected chi connectivity index (χ4v) is 2.01. The summed E-state index contributed by atoms with van der Waals surface area (Å²) in [5.74, 6) is -0.761. The Hall–Kier alpha value is -1.46. The molecule has 1 atom stereocenters. The lowest BCUT2D eigenvalue weighted by Gasteiger charge is -2.22. The maximum Gasteiger partial charge on any atom is 0.322 e. The monoisotopic (exact) mass is 263 g/mol. The van der Waals surface area contributed by atoms with Gasteiger partial charge in [-0.1, -0.05) is 0 Å². The molecule has 1 aliphatic rings. The van der Waals surface area contributed by atoms with Crippen LogP contribution in [-0.4, -0.2) is 53.2 Å². The number of carbonyl (C=O) groups is 1. The van der Waals surface area contributed by atoms with Crippen LogP contribution in [0.4, 0.5) is 0 Å². The van der Waals surface area contributed by atoms with Crippen molar-refractivity contribution in [2.45, 2.75) is 31.3 Å². The second-order valence-electron chi connectivity index (χ2n) is 5.20. The third kappa shape index (κ3) is 4.96. The summed E-state index contributed by atoms with van der Waals surface area (Å²) in [5, 5.41) is 12.4. The largest absolute Gasteiger partial charge is 0.480 e. The molecule has 0 aliphatic heterocycles. The van der Waals surface area contributed by atoms with E-state index in [1.165, 1.54) is 5.56 Å². The first kappa shape index (κ1) is 14.0. The number of hydrogen-bond acceptors (Lipinski definition) is 4. The molecular weight excluding hydrogens is 242 g/mol. The van der Waals surface area contributed by atoms with Gasteiger partial charge in [-0.15, -0.1) is 0 Å². The Labute approximate surface area is 113 Å². The zero-order valence-corrected chi connectivity index (χ0v) is 11.2. The molecule has 2 rings (SSSR count). The molecule has 0 bridgehead atoms. The normalized spacial score (nSPS) is 16.5. The third-order valence-corrected chi connectivity index (χ3v) is 3.34. The number of carboxylic acids is 1. The smallest absolute Gasteiger partial charge is 0.322 e. The Kier molecular flexibility index (Phi) is 4.87. The van der Waals surface area contributed by atoms with E-state index in [0.717, 1.165) is 25.8 Å². The van der Waals surface area contributed by atoms with Crippen molar-refractivity contribution in [3.05, 3.63) is 30.1 Å². The summed E-state index contributed by atoms with van der Waals surface area (Å²) in [5.41, 5.74) is 1.23. The van der Waals surface area contributed by atoms with Crippen molar-refractivity contribution in [2.24, 2.45) is 0 Å². The summed E-state index contributed by atoms with van der Waals surface area (Å²) in [6, 6.07) is 3.93. The van der Waals surface area contributed by atoms with Crippen LogP contribution >= 0.6 is 0 Å². The number of aliphatic carboxylic acids is 1. The number of nitrogens with one attached hydrogen (secondary N) is 1. The lowest BCUT2D eigenvalue weighted by Crippen LogP contribution is -2.46. The SMILES string of the molecule is CN(CCc1ccncc1)CC(NC1CC1)C(=O)O. The molecule has 1 aromatic rings. The van der Waals surface area contributed by atoms with E-state index in [0.29, 0.717) is 12.6 Å². The number of aromatic nitrogens is 1. The fourth-order valence-electron chi connectivity index (χ4n) is 2.01. The van der Waals surface area contributed by atoms with E-state index in [9.17, 15) is 9.90 Å². The minimum Gasteiger partial charge on any atom is -0.480 e. The van der Waals surface area contributed by atoms with Gasteiger partial charge in [0, 0.05) is 31.5 Å². The van der Waals surface area contributed by atoms with Gasteiger partial charge in [0.15, 0.2) is 0 Å². The van der Waals surface area contributed by atoms with Crippen LogP contribution in [0.5, 0.6) is 0 Å². The lowest BCUT2D eigenvalue weighted by molar-refractivity contribution is -0.140. The van der Waals surface area contributed by atoms with Gasteiger partial charge in [-0.25, -0.2) is 0 Å². The Morgan fingerprint density at radius 1 is 1.53 bits per heavy atom. The molecule has 2 N–H and O–H groups in total. The molecule has 104 valence electrons. The summed E-state index contributed by atoms with van der Waals surface area (Å²) in [6.45, 7) is 1.39. The van der Waals surface area contributed by atoms with Crippen molar-refractivity contribution in [3.63, 3.8) is 0 Å². The lowest BCUT2D eigenvalue weighted by atomic mass is 10.2. The molecule has 1 aliphatic carbocycles. The van der Waals surface area contributed by atoms with Gasteiger partial charge in [0.2, 0.25) is 0 Å². The van der Waals surface area contributed by atoms with Crippen LogP contribution in [0.25, 0.3) is 0 Å². The maximum absolute atomic E-state index is 11.2. The van der Waals surface area contributed by atoms with Gasteiger partial charge < -0.3 is 15.3 Å². The first-order chi connectivity index (χ1) is 9.15. The van der Waals surface area contributed by atoms with Crippen LogP contribution in [0.3, 0.4) is 0 Å². The molecule has 1 fully saturated rings. The van der Waals surface area contributed by atoms with E-state index in [1.807, 2.05) is 19.2 Å². The minimum atomic E-state index is -0.761. The molecule has 5 heteroatoms. The van der Waals surface area contributed by atoms with E-state index in [-0.39, 0.29) is 0 Å². The molecule has 0 amide bonds. The molecule has 5 nitrogen and oxygen atoms in total. The number of likely N-dealkylation sites (N-methyl/N-ethyl adjacent to an activating group) is 1. The molecule has 0 aromatic carbocycles. The molecule has 0 radical (unpaired) electrons. The highest BCUT2D eigenvalue weighted by molar-refractivity contribution is 5.73. The van der Waals surface area contributed by atoms with Gasteiger partial charge in [-0.2, -0.15) is 0 Å². The first-order valence-corrected chi connectivity index (χ1v) is 6.71. The first-order valence-electron chi connectivity index (χ1n) is 6.71. The van der Waals surface area contributed by atoms with Crippen LogP contribution in [0.1, 0.15) is 18.4 Å². The highest BCUT2D eigenvalue weighted by atomic mass is 16.4. The molecule has 19 heavy (non-hydrogen) atoms. The number of rotatable bonds is 8. The van der Waals surface area contributed by atoms with E-state index in [4.69, 9.17) is 0 Å². The number of pyridine rings is 1. The van der Waals surface area contributed by atoms with Crippen molar-refractivity contribution < 1.29 is 9.90 Å². The van der Waals surface area contributed by atoms with E-state index >= 15 is 0 Å². The molecule has 1 aromatic heterocycles. The van der Waals surface area contributed by atoms with Crippen LogP contribution in [0.2, 0.25) is 0 Å². The average molecular weight is 263 g/mol. The molecule has 1 heterocycles. The van der Waals surface area contributed by atoms with Crippen molar-refractivity contribution >= 4 is 5.97 Å². The summed E-state index contributed by atoms with van der Waals surface area (Å²) in [7, 11) is 1.96. The van der Waals surface area contributed by atoms with E-state index in [1.54, 1.807) is 12.4 Å². The zero-order valence-electron chi connectivity index (χ0n) is 11.2. The predicted octanol–water partition coefficient (Wildman–Crippen LogP) is 0.761. The molecular formula is C14H21N3O2. The van der Waals surface area contributed by atoms with Crippen molar-refractivity contribution in [1.29, 1.82) is 0 Å². The predicted molar refractivity (Wildman–Crippen MR) is 73.0 cm³/mol. The highest BCUT2D eigenvalue weighted by Crippen LogP contribution is 2.19. The maximum atomic E-state index is 11.2. The van der Waals surface area contributed by atoms with Crippen LogP contribution in [-0.2, 0) is 11.2 Å². The topological polar surface area (TPSA) is 65.5 Å². The molecule has 0 spiro atoms. The Balaban J connectivity index is 1.75. The molecule has 1 unspecified atom stereocenters. The molecule has 0 saturated heterocycles. The van der Waals surface area contributed by atoms with Gasteiger partial charge >= 0.3 is 5.97 Å². The standard InChI is InChI=1S/C14H21N3O2/c1-17(9-6-11-4-7-15-8-5-11)10-13(14(18)19)16-12-2-3-12/h4-5,7-8,12-13,16H,2-3,6,9-10H2,1H3,(H,18,19). The Morgan fingerprint density at radius 3 is 2.79 bits per heavy atom. The average Bonchev–Trinajstić information content (AvgIpc) is 3.21. The van der Waals surface area contributed by atoms with Crippen molar-refractivity contribution in [1.82, 2.24) is 15.2 Å². The van der Waals surface area contributed by atoms with Crippen LogP contribution in [0, 0.1) is 0 Å². The van der Waals surface area contributed by atoms with Gasteiger partial charge in [0.05, 0.1) is 0 Å². The summed E-state index contributed by atoms with van der Waals surface area (Å²) in [6.07, 6.45) is 6.68. The van der Waals surface area contributed by atoms with E-state index < -0.39 is 12.0 Å². The summed E-state index contributed by atoms with van der Waals surface area (Å²) >= 11 is 0. The van der Waals surface area contributed by atoms with Gasteiger partial charge in [-0.3, -0.25) is 9.78 Å². The summed E-state index contributed by atoms with van der Waals surface area (Å²) < 4.78 is 0. The summed E-state index contributed by atoms with van der Waals surface area (Å²) in [4.78, 5) is 17.2. The Morgan fingerprint density at radius 2 is 2.21 bits per heavy atom. The fraction of sp³-hybridized carbons (Fsp3) is 0.571. The number of nitrogens with zero attached hydrogens (tertiary/aromatic N) is 2. The van der Waals surface area contributed by atoms with E-state index in [2.05, 4.69) is 15.2 Å².